The lowest BCUT2D eigenvalue weighted by Gasteiger charge is -2.31. The Morgan fingerprint density at radius 3 is 2.67 bits per heavy atom. The summed E-state index contributed by atoms with van der Waals surface area (Å²) < 4.78 is 0. The molecular weight excluding hydrogens is 182 g/mol. The summed E-state index contributed by atoms with van der Waals surface area (Å²) in [6.45, 7) is 4.91. The average molecular weight is 201 g/mol. The molecule has 2 bridgehead atoms. The Balaban J connectivity index is 1.70. The van der Waals surface area contributed by atoms with Gasteiger partial charge in [0.2, 0.25) is 0 Å². The lowest BCUT2D eigenvalue weighted by molar-refractivity contribution is 0.159. The monoisotopic (exact) mass is 201 g/mol. The molecule has 15 heavy (non-hydrogen) atoms. The second-order valence-corrected chi connectivity index (χ2v) is 5.30. The van der Waals surface area contributed by atoms with Crippen molar-refractivity contribution in [2.45, 2.75) is 32.4 Å². The van der Waals surface area contributed by atoms with Crippen LogP contribution in [0.2, 0.25) is 0 Å². The first-order valence-corrected chi connectivity index (χ1v) is 6.11. The van der Waals surface area contributed by atoms with Gasteiger partial charge in [-0.3, -0.25) is 4.90 Å². The molecule has 80 valence electrons. The fraction of sp³-hybridized carbons (Fsp3) is 0.571. The van der Waals surface area contributed by atoms with Gasteiger partial charge in [0.25, 0.3) is 0 Å². The van der Waals surface area contributed by atoms with Crippen molar-refractivity contribution in [1.29, 1.82) is 0 Å². The molecule has 3 rings (SSSR count). The van der Waals surface area contributed by atoms with E-state index < -0.39 is 0 Å². The van der Waals surface area contributed by atoms with Gasteiger partial charge < -0.3 is 0 Å². The zero-order chi connectivity index (χ0) is 10.3. The minimum absolute atomic E-state index is 0.871. The molecule has 1 aliphatic carbocycles. The van der Waals surface area contributed by atoms with E-state index in [1.165, 1.54) is 24.9 Å². The van der Waals surface area contributed by atoms with Crippen molar-refractivity contribution < 1.29 is 0 Å². The molecule has 1 aromatic rings. The Morgan fingerprint density at radius 2 is 2.00 bits per heavy atom. The Hall–Kier alpha value is -0.820. The number of hydrogen-bond donors (Lipinski definition) is 0. The molecule has 3 atom stereocenters. The zero-order valence-corrected chi connectivity index (χ0v) is 9.39. The van der Waals surface area contributed by atoms with Crippen LogP contribution in [0.3, 0.4) is 0 Å². The molecule has 1 aromatic carbocycles. The molecular formula is C14H19N. The molecule has 0 amide bonds. The fourth-order valence-electron chi connectivity index (χ4n) is 3.48. The molecule has 0 N–H and O–H groups in total. The Labute approximate surface area is 92.1 Å². The van der Waals surface area contributed by atoms with E-state index in [1.807, 2.05) is 0 Å². The summed E-state index contributed by atoms with van der Waals surface area (Å²) in [5.74, 6) is 1.92. The van der Waals surface area contributed by atoms with Gasteiger partial charge in [0, 0.05) is 19.1 Å². The van der Waals surface area contributed by atoms with E-state index in [4.69, 9.17) is 0 Å². The third kappa shape index (κ3) is 1.69. The highest BCUT2D eigenvalue weighted by Crippen LogP contribution is 2.41. The number of piperidine rings is 1. The van der Waals surface area contributed by atoms with Gasteiger partial charge in [-0.2, -0.15) is 0 Å². The Morgan fingerprint density at radius 1 is 1.20 bits per heavy atom. The van der Waals surface area contributed by atoms with E-state index >= 15 is 0 Å². The van der Waals surface area contributed by atoms with Crippen LogP contribution in [0.25, 0.3) is 0 Å². The minimum atomic E-state index is 0.871. The number of fused-ring (bicyclic) bond motifs is 2. The molecule has 1 heteroatoms. The van der Waals surface area contributed by atoms with Gasteiger partial charge in [-0.05, 0) is 30.2 Å². The van der Waals surface area contributed by atoms with Crippen molar-refractivity contribution in [2.24, 2.45) is 11.8 Å². The largest absolute Gasteiger partial charge is 0.296 e. The van der Waals surface area contributed by atoms with Crippen molar-refractivity contribution in [2.75, 3.05) is 6.54 Å². The molecule has 0 unspecified atom stereocenters. The third-order valence-electron chi connectivity index (χ3n) is 4.13. The number of hydrogen-bond acceptors (Lipinski definition) is 1. The van der Waals surface area contributed by atoms with Crippen LogP contribution in [0, 0.1) is 11.8 Å². The van der Waals surface area contributed by atoms with E-state index in [1.54, 1.807) is 0 Å². The zero-order valence-electron chi connectivity index (χ0n) is 9.39. The van der Waals surface area contributed by atoms with Crippen LogP contribution in [0.4, 0.5) is 0 Å². The van der Waals surface area contributed by atoms with Crippen molar-refractivity contribution in [1.82, 2.24) is 4.90 Å². The quantitative estimate of drug-likeness (QED) is 0.711. The normalized spacial score (nSPS) is 34.9. The van der Waals surface area contributed by atoms with Gasteiger partial charge in [-0.15, -0.1) is 0 Å². The van der Waals surface area contributed by atoms with Crippen LogP contribution >= 0.6 is 0 Å². The highest BCUT2D eigenvalue weighted by molar-refractivity contribution is 5.15. The molecule has 1 saturated carbocycles. The molecule has 0 aromatic heterocycles. The van der Waals surface area contributed by atoms with Crippen LogP contribution in [-0.4, -0.2) is 17.5 Å². The number of likely N-dealkylation sites (tertiary alicyclic amines) is 1. The summed E-state index contributed by atoms with van der Waals surface area (Å²) in [5, 5.41) is 0. The maximum absolute atomic E-state index is 2.69. The highest BCUT2D eigenvalue weighted by Gasteiger charge is 2.42. The second kappa shape index (κ2) is 3.64. The number of benzene rings is 1. The molecule has 0 radical (unpaired) electrons. The number of nitrogens with zero attached hydrogens (tertiary/aromatic N) is 1. The van der Waals surface area contributed by atoms with Crippen molar-refractivity contribution in [3.05, 3.63) is 35.9 Å². The summed E-state index contributed by atoms with van der Waals surface area (Å²) in [4.78, 5) is 2.69. The highest BCUT2D eigenvalue weighted by atomic mass is 15.2. The van der Waals surface area contributed by atoms with Crippen LogP contribution in [-0.2, 0) is 6.54 Å². The molecule has 1 nitrogen and oxygen atoms in total. The van der Waals surface area contributed by atoms with Gasteiger partial charge in [0.15, 0.2) is 0 Å². The Bertz CT molecular complexity index is 332. The lowest BCUT2D eigenvalue weighted by Crippen LogP contribution is -2.36. The van der Waals surface area contributed by atoms with E-state index in [9.17, 15) is 0 Å². The lowest BCUT2D eigenvalue weighted by atomic mass is 10.00. The summed E-state index contributed by atoms with van der Waals surface area (Å²) in [5.41, 5.74) is 1.47. The maximum atomic E-state index is 2.69. The van der Waals surface area contributed by atoms with E-state index in [2.05, 4.69) is 42.2 Å². The minimum Gasteiger partial charge on any atom is -0.296 e. The smallest absolute Gasteiger partial charge is 0.0236 e. The standard InChI is InChI=1S/C14H19N/c1-11-7-13-8-14(11)15(10-13)9-12-5-3-2-4-6-12/h2-6,11,13-14H,7-10H2,1H3/t11-,13+,14+/m1/s1. The average Bonchev–Trinajstić information content (AvgIpc) is 2.77. The summed E-state index contributed by atoms with van der Waals surface area (Å²) in [6.07, 6.45) is 2.92. The van der Waals surface area contributed by atoms with Crippen LogP contribution in [0.1, 0.15) is 25.3 Å². The molecule has 2 fully saturated rings. The first kappa shape index (κ1) is 9.41. The van der Waals surface area contributed by atoms with E-state index in [0.29, 0.717) is 0 Å². The van der Waals surface area contributed by atoms with Crippen LogP contribution in [0.5, 0.6) is 0 Å². The number of rotatable bonds is 2. The van der Waals surface area contributed by atoms with Gasteiger partial charge in [0.05, 0.1) is 0 Å². The topological polar surface area (TPSA) is 3.24 Å². The first-order valence-electron chi connectivity index (χ1n) is 6.11. The third-order valence-corrected chi connectivity index (χ3v) is 4.13. The van der Waals surface area contributed by atoms with Gasteiger partial charge in [-0.25, -0.2) is 0 Å². The first-order chi connectivity index (χ1) is 7.33. The van der Waals surface area contributed by atoms with Gasteiger partial charge in [0.1, 0.15) is 0 Å². The SMILES string of the molecule is C[C@@H]1C[C@H]2C[C@@H]1N(Cc1ccccc1)C2. The molecule has 1 heterocycles. The summed E-state index contributed by atoms with van der Waals surface area (Å²) in [7, 11) is 0. The van der Waals surface area contributed by atoms with Crippen molar-refractivity contribution in [3.8, 4) is 0 Å². The van der Waals surface area contributed by atoms with Gasteiger partial charge >= 0.3 is 0 Å². The second-order valence-electron chi connectivity index (χ2n) is 5.30. The summed E-state index contributed by atoms with van der Waals surface area (Å²) in [6, 6.07) is 11.8. The molecule has 1 saturated heterocycles. The predicted octanol–water partition coefficient (Wildman–Crippen LogP) is 2.92. The Kier molecular flexibility index (Phi) is 2.28. The molecule has 2 aliphatic rings. The summed E-state index contributed by atoms with van der Waals surface area (Å²) >= 11 is 0. The van der Waals surface area contributed by atoms with E-state index in [-0.39, 0.29) is 0 Å². The van der Waals surface area contributed by atoms with E-state index in [0.717, 1.165) is 24.4 Å². The van der Waals surface area contributed by atoms with Crippen LogP contribution in [0.15, 0.2) is 30.3 Å². The molecule has 0 spiro atoms. The van der Waals surface area contributed by atoms with Crippen LogP contribution < -0.4 is 0 Å². The predicted molar refractivity (Wildman–Crippen MR) is 62.5 cm³/mol. The van der Waals surface area contributed by atoms with Crippen molar-refractivity contribution >= 4 is 0 Å². The molecule has 1 aliphatic heterocycles. The van der Waals surface area contributed by atoms with Crippen molar-refractivity contribution in [3.63, 3.8) is 0 Å². The fourth-order valence-corrected chi connectivity index (χ4v) is 3.48. The van der Waals surface area contributed by atoms with Gasteiger partial charge in [-0.1, -0.05) is 37.3 Å². The maximum Gasteiger partial charge on any atom is 0.0236 e.